The van der Waals surface area contributed by atoms with Crippen LogP contribution in [0.15, 0.2) is 21.3 Å². The molecule has 0 nitrogen and oxygen atoms in total. The molecule has 0 radical (unpaired) electrons. The lowest BCUT2D eigenvalue weighted by Gasteiger charge is -2.38. The number of hydrogen-bond acceptors (Lipinski definition) is 1. The van der Waals surface area contributed by atoms with Crippen LogP contribution in [-0.2, 0) is 0 Å². The van der Waals surface area contributed by atoms with Crippen molar-refractivity contribution in [2.24, 2.45) is 0 Å². The van der Waals surface area contributed by atoms with Crippen LogP contribution in [0.1, 0.15) is 90.8 Å². The first-order chi connectivity index (χ1) is 13.2. The summed E-state index contributed by atoms with van der Waals surface area (Å²) in [6.07, 6.45) is 4.54. The molecular formula is C25H37ISSi. The van der Waals surface area contributed by atoms with Gasteiger partial charge in [-0.2, -0.15) is 0 Å². The highest BCUT2D eigenvalue weighted by molar-refractivity contribution is 14.1. The van der Waals surface area contributed by atoms with Crippen LogP contribution in [0.5, 0.6) is 0 Å². The molecule has 0 amide bonds. The molecule has 0 spiro atoms. The molecular weight excluding hydrogens is 487 g/mol. The third-order valence-electron chi connectivity index (χ3n) is 5.51. The molecule has 0 aromatic carbocycles. The largest absolute Gasteiger partial charge is 0.146 e. The Balaban J connectivity index is 3.16. The summed E-state index contributed by atoms with van der Waals surface area (Å²) < 4.78 is 1.42. The van der Waals surface area contributed by atoms with E-state index in [1.165, 1.54) is 15.6 Å². The maximum Gasteiger partial charge on any atom is 0.146 e. The Morgan fingerprint density at radius 1 is 0.893 bits per heavy atom. The van der Waals surface area contributed by atoms with Crippen LogP contribution in [0.2, 0.25) is 16.6 Å². The molecule has 28 heavy (non-hydrogen) atoms. The second-order valence-corrected chi connectivity index (χ2v) is 16.4. The van der Waals surface area contributed by atoms with Crippen molar-refractivity contribution in [2.45, 2.75) is 97.7 Å². The molecule has 0 aliphatic carbocycles. The van der Waals surface area contributed by atoms with Crippen molar-refractivity contribution in [3.8, 4) is 23.3 Å². The molecule has 1 aromatic rings. The van der Waals surface area contributed by atoms with Crippen molar-refractivity contribution in [3.63, 3.8) is 0 Å². The molecule has 1 rings (SSSR count). The maximum atomic E-state index is 3.82. The maximum absolute atomic E-state index is 3.82. The number of rotatable bonds is 7. The van der Waals surface area contributed by atoms with E-state index in [0.717, 1.165) is 29.0 Å². The molecule has 0 bridgehead atoms. The van der Waals surface area contributed by atoms with Crippen LogP contribution < -0.4 is 0 Å². The van der Waals surface area contributed by atoms with Crippen LogP contribution in [0.4, 0.5) is 0 Å². The number of allylic oxidation sites excluding steroid dienone is 2. The SMILES string of the molecule is CCCC(I)=C(C#Cc1ccc(C#C[Si](C(C)C)(C(C)C)C(C)C)s1)CCC. The number of halogens is 1. The molecule has 1 aromatic heterocycles. The van der Waals surface area contributed by atoms with Crippen LogP contribution >= 0.6 is 33.9 Å². The molecule has 0 saturated heterocycles. The average Bonchev–Trinajstić information content (AvgIpc) is 3.06. The lowest BCUT2D eigenvalue weighted by molar-refractivity contribution is 0.838. The normalized spacial score (nSPS) is 12.6. The van der Waals surface area contributed by atoms with Crippen molar-refractivity contribution in [2.75, 3.05) is 0 Å². The quantitative estimate of drug-likeness (QED) is 0.190. The lowest BCUT2D eigenvalue weighted by Crippen LogP contribution is -2.43. The summed E-state index contributed by atoms with van der Waals surface area (Å²) in [5.74, 6) is 10.4. The first-order valence-corrected chi connectivity index (χ1v) is 14.8. The summed E-state index contributed by atoms with van der Waals surface area (Å²) in [7, 11) is -1.67. The van der Waals surface area contributed by atoms with Gasteiger partial charge in [-0.1, -0.05) is 86.0 Å². The van der Waals surface area contributed by atoms with Gasteiger partial charge in [-0.05, 0) is 64.2 Å². The number of thiophene rings is 1. The van der Waals surface area contributed by atoms with Gasteiger partial charge in [0.25, 0.3) is 0 Å². The van der Waals surface area contributed by atoms with Crippen molar-refractivity contribution in [1.82, 2.24) is 0 Å². The Kier molecular flexibility index (Phi) is 11.2. The first-order valence-electron chi connectivity index (χ1n) is 10.7. The van der Waals surface area contributed by atoms with E-state index in [0.29, 0.717) is 16.6 Å². The predicted octanol–water partition coefficient (Wildman–Crippen LogP) is 8.96. The van der Waals surface area contributed by atoms with E-state index < -0.39 is 8.07 Å². The fraction of sp³-hybridized carbons (Fsp3) is 0.600. The Bertz CT molecular complexity index is 753. The Hall–Kier alpha value is -0.493. The molecule has 1 heterocycles. The summed E-state index contributed by atoms with van der Waals surface area (Å²) in [5, 5.41) is 0. The lowest BCUT2D eigenvalue weighted by atomic mass is 10.1. The van der Waals surface area contributed by atoms with E-state index in [1.54, 1.807) is 11.3 Å². The minimum absolute atomic E-state index is 0.668. The molecule has 3 heteroatoms. The van der Waals surface area contributed by atoms with Crippen molar-refractivity contribution in [1.29, 1.82) is 0 Å². The molecule has 0 N–H and O–H groups in total. The standard InChI is InChI=1S/C25H37ISSi/c1-9-11-22(25(26)12-10-2)13-14-23-15-16-24(27-23)17-18-28(19(3)4,20(5)6)21(7)8/h15-16,19-21H,9-12H2,1-8H3. The molecule has 0 fully saturated rings. The zero-order valence-electron chi connectivity index (χ0n) is 19.0. The fourth-order valence-corrected chi connectivity index (χ4v) is 11.1. The van der Waals surface area contributed by atoms with E-state index in [1.807, 2.05) is 0 Å². The van der Waals surface area contributed by atoms with Gasteiger partial charge >= 0.3 is 0 Å². The van der Waals surface area contributed by atoms with Gasteiger partial charge < -0.3 is 0 Å². The molecule has 0 unspecified atom stereocenters. The summed E-state index contributed by atoms with van der Waals surface area (Å²) in [4.78, 5) is 2.29. The van der Waals surface area contributed by atoms with Gasteiger partial charge in [0, 0.05) is 9.15 Å². The molecule has 154 valence electrons. The Labute approximate surface area is 193 Å². The summed E-state index contributed by atoms with van der Waals surface area (Å²) in [6, 6.07) is 4.29. The highest BCUT2D eigenvalue weighted by Crippen LogP contribution is 2.40. The second-order valence-electron chi connectivity index (χ2n) is 8.44. The van der Waals surface area contributed by atoms with E-state index in [-0.39, 0.29) is 0 Å². The fourth-order valence-electron chi connectivity index (χ4n) is 4.10. The van der Waals surface area contributed by atoms with Crippen LogP contribution in [-0.4, -0.2) is 8.07 Å². The first kappa shape index (κ1) is 25.5. The summed E-state index contributed by atoms with van der Waals surface area (Å²) >= 11 is 4.22. The van der Waals surface area contributed by atoms with E-state index in [9.17, 15) is 0 Å². The topological polar surface area (TPSA) is 0 Å². The molecule has 0 saturated carbocycles. The van der Waals surface area contributed by atoms with E-state index in [2.05, 4.69) is 113 Å². The third kappa shape index (κ3) is 6.79. The Morgan fingerprint density at radius 2 is 1.39 bits per heavy atom. The van der Waals surface area contributed by atoms with Crippen LogP contribution in [0.3, 0.4) is 0 Å². The summed E-state index contributed by atoms with van der Waals surface area (Å²) in [6.45, 7) is 18.7. The van der Waals surface area contributed by atoms with Gasteiger partial charge in [0.1, 0.15) is 8.07 Å². The van der Waals surface area contributed by atoms with Crippen LogP contribution in [0, 0.1) is 23.3 Å². The van der Waals surface area contributed by atoms with E-state index >= 15 is 0 Å². The highest BCUT2D eigenvalue weighted by Gasteiger charge is 2.41. The predicted molar refractivity (Wildman–Crippen MR) is 140 cm³/mol. The smallest absolute Gasteiger partial charge is 0.124 e. The average molecular weight is 525 g/mol. The highest BCUT2D eigenvalue weighted by atomic mass is 127. The van der Waals surface area contributed by atoms with Gasteiger partial charge in [0.2, 0.25) is 0 Å². The second kappa shape index (κ2) is 12.3. The summed E-state index contributed by atoms with van der Waals surface area (Å²) in [5.41, 5.74) is 7.14. The van der Waals surface area contributed by atoms with Gasteiger partial charge in [-0.25, -0.2) is 0 Å². The van der Waals surface area contributed by atoms with Crippen LogP contribution in [0.25, 0.3) is 0 Å². The van der Waals surface area contributed by atoms with Crippen molar-refractivity contribution < 1.29 is 0 Å². The zero-order chi connectivity index (χ0) is 21.3. The minimum atomic E-state index is -1.67. The van der Waals surface area contributed by atoms with Gasteiger partial charge in [-0.3, -0.25) is 0 Å². The zero-order valence-corrected chi connectivity index (χ0v) is 23.0. The van der Waals surface area contributed by atoms with Gasteiger partial charge in [0.15, 0.2) is 0 Å². The molecule has 0 atom stereocenters. The Morgan fingerprint density at radius 3 is 1.86 bits per heavy atom. The third-order valence-corrected chi connectivity index (χ3v) is 13.9. The monoisotopic (exact) mass is 524 g/mol. The minimum Gasteiger partial charge on any atom is -0.124 e. The van der Waals surface area contributed by atoms with Gasteiger partial charge in [0.05, 0.1) is 9.75 Å². The molecule has 0 aliphatic rings. The van der Waals surface area contributed by atoms with Crippen molar-refractivity contribution in [3.05, 3.63) is 31.0 Å². The molecule has 0 aliphatic heterocycles. The number of hydrogen-bond donors (Lipinski definition) is 0. The van der Waals surface area contributed by atoms with Crippen molar-refractivity contribution >= 4 is 42.0 Å². The van der Waals surface area contributed by atoms with Gasteiger partial charge in [-0.15, -0.1) is 16.9 Å². The van der Waals surface area contributed by atoms with E-state index in [4.69, 9.17) is 0 Å².